The lowest BCUT2D eigenvalue weighted by atomic mass is 9.91. The van der Waals surface area contributed by atoms with Gasteiger partial charge in [0.1, 0.15) is 5.04 Å². The monoisotopic (exact) mass is 552 g/mol. The van der Waals surface area contributed by atoms with Crippen molar-refractivity contribution < 1.29 is 27.9 Å². The Bertz CT molecular complexity index is 1310. The highest BCUT2D eigenvalue weighted by Gasteiger charge is 2.62. The van der Waals surface area contributed by atoms with Gasteiger partial charge in [-0.05, 0) is 23.5 Å². The molecule has 1 N–H and O–H groups in total. The topological polar surface area (TPSA) is 85.6 Å². The quantitative estimate of drug-likeness (QED) is 0.542. The van der Waals surface area contributed by atoms with E-state index in [2.05, 4.69) is 10.2 Å². The van der Waals surface area contributed by atoms with Gasteiger partial charge in [-0.1, -0.05) is 54.1 Å². The van der Waals surface area contributed by atoms with Crippen molar-refractivity contribution in [1.82, 2.24) is 9.80 Å². The number of rotatable bonds is 5. The lowest BCUT2D eigenvalue weighted by Crippen LogP contribution is -2.56. The summed E-state index contributed by atoms with van der Waals surface area (Å²) in [6.45, 7) is -0.108. The Labute approximate surface area is 219 Å². The fraction of sp³-hybridized carbons (Fsp3) is 0.280. The maximum Gasteiger partial charge on any atom is 0.430 e. The van der Waals surface area contributed by atoms with E-state index in [1.807, 2.05) is 0 Å². The van der Waals surface area contributed by atoms with Crippen molar-refractivity contribution in [3.8, 4) is 0 Å². The molecule has 0 aromatic heterocycles. The SMILES string of the molecule is CN(C)C(=O)c1ccc(C2=NN=C[SH]2C2=CCN(C(=O)C(O)(c3ccccc3)C(F)(F)F)CC2)cc1Cl. The summed E-state index contributed by atoms with van der Waals surface area (Å²) < 4.78 is 41.8. The molecule has 0 radical (unpaired) electrons. The molecule has 2 aliphatic heterocycles. The molecule has 7 nitrogen and oxygen atoms in total. The first-order valence-corrected chi connectivity index (χ1v) is 13.0. The Kier molecular flexibility index (Phi) is 7.50. The number of thiol groups is 1. The Morgan fingerprint density at radius 3 is 2.41 bits per heavy atom. The smallest absolute Gasteiger partial charge is 0.369 e. The van der Waals surface area contributed by atoms with E-state index in [9.17, 15) is 27.9 Å². The highest BCUT2D eigenvalue weighted by molar-refractivity contribution is 8.43. The van der Waals surface area contributed by atoms with E-state index < -0.39 is 34.1 Å². The number of halogens is 4. The van der Waals surface area contributed by atoms with Crippen LogP contribution in [-0.2, 0) is 10.4 Å². The van der Waals surface area contributed by atoms with Gasteiger partial charge < -0.3 is 14.9 Å². The van der Waals surface area contributed by atoms with Gasteiger partial charge >= 0.3 is 6.18 Å². The van der Waals surface area contributed by atoms with Crippen LogP contribution in [-0.4, -0.2) is 70.7 Å². The second-order valence-corrected chi connectivity index (χ2v) is 11.1. The van der Waals surface area contributed by atoms with E-state index in [0.717, 1.165) is 21.9 Å². The summed E-state index contributed by atoms with van der Waals surface area (Å²) in [5.41, 5.74) is -1.47. The summed E-state index contributed by atoms with van der Waals surface area (Å²) in [5.74, 6) is -1.66. The molecule has 0 fully saturated rings. The molecule has 2 aromatic rings. The molecule has 2 aliphatic rings. The van der Waals surface area contributed by atoms with Crippen LogP contribution in [0.5, 0.6) is 0 Å². The number of nitrogens with zero attached hydrogens (tertiary/aromatic N) is 4. The predicted molar refractivity (Wildman–Crippen MR) is 139 cm³/mol. The zero-order valence-electron chi connectivity index (χ0n) is 19.9. The normalized spacial score (nSPS) is 20.2. The number of aliphatic hydroxyl groups is 1. The van der Waals surface area contributed by atoms with Crippen LogP contribution in [0.4, 0.5) is 13.2 Å². The van der Waals surface area contributed by atoms with Gasteiger partial charge in [0.2, 0.25) is 0 Å². The number of alkyl halides is 3. The third-order valence-electron chi connectivity index (χ3n) is 6.10. The molecule has 2 unspecified atom stereocenters. The van der Waals surface area contributed by atoms with Crippen LogP contribution in [0.1, 0.15) is 27.9 Å². The average molecular weight is 553 g/mol. The minimum Gasteiger partial charge on any atom is -0.369 e. The lowest BCUT2D eigenvalue weighted by molar-refractivity contribution is -0.261. The van der Waals surface area contributed by atoms with Gasteiger partial charge in [-0.3, -0.25) is 9.59 Å². The molecule has 0 saturated heterocycles. The molecule has 196 valence electrons. The van der Waals surface area contributed by atoms with Crippen LogP contribution >= 0.6 is 22.5 Å². The van der Waals surface area contributed by atoms with Crippen LogP contribution in [0, 0.1) is 0 Å². The zero-order valence-corrected chi connectivity index (χ0v) is 21.6. The Balaban J connectivity index is 1.54. The van der Waals surface area contributed by atoms with Crippen LogP contribution in [0.3, 0.4) is 0 Å². The largest absolute Gasteiger partial charge is 0.430 e. The van der Waals surface area contributed by atoms with Gasteiger partial charge in [-0.25, -0.2) is 0 Å². The summed E-state index contributed by atoms with van der Waals surface area (Å²) in [7, 11) is 2.11. The maximum absolute atomic E-state index is 13.9. The van der Waals surface area contributed by atoms with E-state index in [1.54, 1.807) is 43.9 Å². The number of benzene rings is 2. The van der Waals surface area contributed by atoms with E-state index >= 15 is 0 Å². The van der Waals surface area contributed by atoms with Gasteiger partial charge in [0.15, 0.2) is 0 Å². The molecule has 2 amide bonds. The van der Waals surface area contributed by atoms with Crippen molar-refractivity contribution >= 4 is 44.9 Å². The maximum atomic E-state index is 13.9. The molecule has 2 aromatic carbocycles. The van der Waals surface area contributed by atoms with Crippen LogP contribution in [0.15, 0.2) is 69.7 Å². The molecule has 2 atom stereocenters. The van der Waals surface area contributed by atoms with Crippen molar-refractivity contribution in [2.45, 2.75) is 18.2 Å². The molecule has 0 saturated carbocycles. The summed E-state index contributed by atoms with van der Waals surface area (Å²) in [4.78, 5) is 28.6. The van der Waals surface area contributed by atoms with Crippen molar-refractivity contribution in [3.05, 3.63) is 81.2 Å². The molecule has 0 bridgehead atoms. The molecular weight excluding hydrogens is 529 g/mol. The van der Waals surface area contributed by atoms with Gasteiger partial charge in [0.25, 0.3) is 17.4 Å². The van der Waals surface area contributed by atoms with Crippen LogP contribution < -0.4 is 0 Å². The van der Waals surface area contributed by atoms with E-state index in [-0.39, 0.29) is 30.4 Å². The van der Waals surface area contributed by atoms with Gasteiger partial charge in [0, 0.05) is 38.3 Å². The highest BCUT2D eigenvalue weighted by atomic mass is 35.5. The molecule has 37 heavy (non-hydrogen) atoms. The minimum absolute atomic E-state index is 0.00707. The Morgan fingerprint density at radius 2 is 1.84 bits per heavy atom. The highest BCUT2D eigenvalue weighted by Crippen LogP contribution is 2.45. The summed E-state index contributed by atoms with van der Waals surface area (Å²) >= 11 is 6.35. The first-order chi connectivity index (χ1) is 17.4. The van der Waals surface area contributed by atoms with Gasteiger partial charge in [-0.15, -0.1) is 16.0 Å². The van der Waals surface area contributed by atoms with Crippen molar-refractivity contribution in [2.75, 3.05) is 27.2 Å². The van der Waals surface area contributed by atoms with Crippen molar-refractivity contribution in [3.63, 3.8) is 0 Å². The Hall–Kier alpha value is -3.15. The average Bonchev–Trinajstić information content (AvgIpc) is 3.37. The number of hydrogen-bond acceptors (Lipinski definition) is 5. The zero-order chi connectivity index (χ0) is 27.0. The summed E-state index contributed by atoms with van der Waals surface area (Å²) in [6.07, 6.45) is -3.22. The summed E-state index contributed by atoms with van der Waals surface area (Å²) in [6, 6.07) is 11.3. The number of carbonyl (C=O) groups is 2. The number of carbonyl (C=O) groups excluding carboxylic acids is 2. The molecular formula is C25H24ClF3N4O3S. The first kappa shape index (κ1) is 26.9. The second-order valence-electron chi connectivity index (χ2n) is 8.69. The predicted octanol–water partition coefficient (Wildman–Crippen LogP) is 4.31. The van der Waals surface area contributed by atoms with Crippen molar-refractivity contribution in [2.24, 2.45) is 10.2 Å². The molecule has 2 heterocycles. The fourth-order valence-electron chi connectivity index (χ4n) is 4.09. The third-order valence-corrected chi connectivity index (χ3v) is 8.58. The molecule has 4 rings (SSSR count). The molecule has 0 spiro atoms. The van der Waals surface area contributed by atoms with E-state index in [4.69, 9.17) is 11.6 Å². The van der Waals surface area contributed by atoms with Gasteiger partial charge in [-0.2, -0.15) is 18.3 Å². The number of amides is 2. The van der Waals surface area contributed by atoms with E-state index in [0.29, 0.717) is 16.2 Å². The summed E-state index contributed by atoms with van der Waals surface area (Å²) in [5, 5.41) is 19.8. The number of hydrogen-bond donors (Lipinski definition) is 2. The molecule has 0 aliphatic carbocycles. The van der Waals surface area contributed by atoms with Gasteiger partial charge in [0.05, 0.1) is 16.1 Å². The Morgan fingerprint density at radius 1 is 1.14 bits per heavy atom. The molecule has 12 heteroatoms. The lowest BCUT2D eigenvalue weighted by Gasteiger charge is -2.37. The van der Waals surface area contributed by atoms with Crippen molar-refractivity contribution in [1.29, 1.82) is 0 Å². The van der Waals surface area contributed by atoms with E-state index in [1.165, 1.54) is 23.1 Å². The third kappa shape index (κ3) is 5.03. The fourth-order valence-corrected chi connectivity index (χ4v) is 6.22. The first-order valence-electron chi connectivity index (χ1n) is 11.2. The minimum atomic E-state index is -5.20. The van der Waals surface area contributed by atoms with Crippen LogP contribution in [0.25, 0.3) is 0 Å². The standard InChI is InChI=1S/C25H24ClF3N4O3S/c1-32(2)22(34)19-9-8-16(14-20(19)26)21-31-30-15-37(21)18-10-12-33(13-11-18)23(35)24(36,25(27,28)29)17-6-4-3-5-7-17/h3-10,14-15,36-37H,11-13H2,1-2H3. The second kappa shape index (κ2) is 10.3. The van der Waals surface area contributed by atoms with Crippen LogP contribution in [0.2, 0.25) is 5.02 Å².